The Morgan fingerprint density at radius 3 is 2.65 bits per heavy atom. The third-order valence-corrected chi connectivity index (χ3v) is 4.31. The van der Waals surface area contributed by atoms with E-state index in [9.17, 15) is 18.0 Å². The van der Waals surface area contributed by atoms with Gasteiger partial charge in [-0.25, -0.2) is 4.79 Å². The topological polar surface area (TPSA) is 94.3 Å². The molecule has 31 heavy (non-hydrogen) atoms. The normalized spacial score (nSPS) is 11.5. The number of hydrogen-bond donors (Lipinski definition) is 1. The fraction of sp³-hybridized carbons (Fsp3) is 0.150. The van der Waals surface area contributed by atoms with Gasteiger partial charge in [0, 0.05) is 17.4 Å². The molecule has 11 heteroatoms. The van der Waals surface area contributed by atoms with Gasteiger partial charge in [-0.2, -0.15) is 22.8 Å². The number of esters is 1. The average Bonchev–Trinajstić information content (AvgIpc) is 3.15. The van der Waals surface area contributed by atoms with Crippen LogP contribution in [0.1, 0.15) is 22.8 Å². The summed E-state index contributed by atoms with van der Waals surface area (Å²) in [5, 5.41) is 15.2. The van der Waals surface area contributed by atoms with E-state index in [0.29, 0.717) is 22.6 Å². The molecule has 0 amide bonds. The van der Waals surface area contributed by atoms with E-state index in [1.807, 2.05) is 0 Å². The van der Waals surface area contributed by atoms with Gasteiger partial charge in [-0.3, -0.25) is 4.98 Å². The van der Waals surface area contributed by atoms with Crippen LogP contribution in [-0.4, -0.2) is 37.4 Å². The summed E-state index contributed by atoms with van der Waals surface area (Å²) in [6, 6.07) is 9.39. The molecule has 8 nitrogen and oxygen atoms in total. The van der Waals surface area contributed by atoms with E-state index >= 15 is 0 Å². The van der Waals surface area contributed by atoms with E-state index in [4.69, 9.17) is 4.74 Å². The highest BCUT2D eigenvalue weighted by Crippen LogP contribution is 2.30. The lowest BCUT2D eigenvalue weighted by molar-refractivity contribution is -0.137. The molecule has 0 radical (unpaired) electrons. The van der Waals surface area contributed by atoms with Crippen molar-refractivity contribution in [1.82, 2.24) is 24.8 Å². The van der Waals surface area contributed by atoms with Gasteiger partial charge in [-0.15, -0.1) is 10.2 Å². The first-order valence-corrected chi connectivity index (χ1v) is 9.15. The Balaban J connectivity index is 1.63. The van der Waals surface area contributed by atoms with Crippen LogP contribution < -0.4 is 5.32 Å². The third-order valence-electron chi connectivity index (χ3n) is 4.31. The Morgan fingerprint density at radius 2 is 1.94 bits per heavy atom. The molecule has 158 valence electrons. The van der Waals surface area contributed by atoms with Gasteiger partial charge in [0.2, 0.25) is 5.95 Å². The van der Waals surface area contributed by atoms with Crippen LogP contribution in [0.25, 0.3) is 16.9 Å². The Labute approximate surface area is 173 Å². The monoisotopic (exact) mass is 428 g/mol. The van der Waals surface area contributed by atoms with Gasteiger partial charge in [0.1, 0.15) is 0 Å². The lowest BCUT2D eigenvalue weighted by atomic mass is 10.1. The quantitative estimate of drug-likeness (QED) is 0.478. The molecular weight excluding hydrogens is 413 g/mol. The Morgan fingerprint density at radius 1 is 1.16 bits per heavy atom. The standard InChI is InChI=1S/C20H15F3N6O2/c1-2-31-18(30)15-4-3-9-24-17(15)12-10-16-27-28-19(29(16)25-11-12)26-14-7-5-13(6-8-14)20(21,22)23/h3-11H,2H2,1H3,(H,26,28). The number of carbonyl (C=O) groups excluding carboxylic acids is 1. The number of hydrogen-bond acceptors (Lipinski definition) is 7. The summed E-state index contributed by atoms with van der Waals surface area (Å²) in [5.41, 5.74) is 1.20. The molecule has 0 aliphatic rings. The number of benzene rings is 1. The zero-order valence-corrected chi connectivity index (χ0v) is 16.1. The van der Waals surface area contributed by atoms with E-state index < -0.39 is 17.7 Å². The lowest BCUT2D eigenvalue weighted by Crippen LogP contribution is -2.08. The van der Waals surface area contributed by atoms with E-state index in [0.717, 1.165) is 12.1 Å². The molecule has 1 N–H and O–H groups in total. The predicted octanol–water partition coefficient (Wildman–Crippen LogP) is 4.13. The molecule has 0 spiro atoms. The molecule has 0 saturated heterocycles. The minimum atomic E-state index is -4.41. The summed E-state index contributed by atoms with van der Waals surface area (Å²) in [7, 11) is 0. The molecule has 3 heterocycles. The maximum absolute atomic E-state index is 12.7. The highest BCUT2D eigenvalue weighted by molar-refractivity contribution is 5.96. The molecule has 0 fully saturated rings. The summed E-state index contributed by atoms with van der Waals surface area (Å²) in [6.07, 6.45) is -1.38. The second-order valence-electron chi connectivity index (χ2n) is 6.36. The molecule has 0 aliphatic heterocycles. The second kappa shape index (κ2) is 8.01. The molecule has 4 rings (SSSR count). The molecule has 0 aliphatic carbocycles. The van der Waals surface area contributed by atoms with Gasteiger partial charge in [0.15, 0.2) is 5.65 Å². The fourth-order valence-corrected chi connectivity index (χ4v) is 2.88. The average molecular weight is 428 g/mol. The number of rotatable bonds is 5. The predicted molar refractivity (Wildman–Crippen MR) is 105 cm³/mol. The van der Waals surface area contributed by atoms with Gasteiger partial charge in [0.25, 0.3) is 0 Å². The largest absolute Gasteiger partial charge is 0.462 e. The number of nitrogens with zero attached hydrogens (tertiary/aromatic N) is 5. The minimum Gasteiger partial charge on any atom is -0.462 e. The molecule has 0 bridgehead atoms. The first-order valence-electron chi connectivity index (χ1n) is 9.15. The maximum Gasteiger partial charge on any atom is 0.416 e. The number of ether oxygens (including phenoxy) is 1. The molecule has 0 saturated carbocycles. The summed E-state index contributed by atoms with van der Waals surface area (Å²) in [5.74, 6) is -0.287. The number of carbonyl (C=O) groups is 1. The van der Waals surface area contributed by atoms with E-state index in [2.05, 4.69) is 25.6 Å². The van der Waals surface area contributed by atoms with E-state index in [1.165, 1.54) is 22.8 Å². The zero-order chi connectivity index (χ0) is 22.0. The van der Waals surface area contributed by atoms with Crippen LogP contribution in [0, 0.1) is 0 Å². The van der Waals surface area contributed by atoms with Crippen LogP contribution >= 0.6 is 0 Å². The second-order valence-corrected chi connectivity index (χ2v) is 6.36. The van der Waals surface area contributed by atoms with Crippen LogP contribution in [0.2, 0.25) is 0 Å². The van der Waals surface area contributed by atoms with Crippen molar-refractivity contribution in [3.05, 3.63) is 66.0 Å². The van der Waals surface area contributed by atoms with Gasteiger partial charge in [0.05, 0.1) is 29.6 Å². The van der Waals surface area contributed by atoms with Crippen molar-refractivity contribution in [3.63, 3.8) is 0 Å². The molecule has 4 aromatic rings. The van der Waals surface area contributed by atoms with Crippen molar-refractivity contribution in [2.45, 2.75) is 13.1 Å². The fourth-order valence-electron chi connectivity index (χ4n) is 2.88. The summed E-state index contributed by atoms with van der Waals surface area (Å²) < 4.78 is 44.6. The first-order chi connectivity index (χ1) is 14.9. The lowest BCUT2D eigenvalue weighted by Gasteiger charge is -2.09. The number of fused-ring (bicyclic) bond motifs is 1. The number of anilines is 2. The van der Waals surface area contributed by atoms with Crippen molar-refractivity contribution in [2.75, 3.05) is 11.9 Å². The van der Waals surface area contributed by atoms with Crippen molar-refractivity contribution in [3.8, 4) is 11.3 Å². The summed E-state index contributed by atoms with van der Waals surface area (Å²) >= 11 is 0. The van der Waals surface area contributed by atoms with Crippen molar-refractivity contribution < 1.29 is 22.7 Å². The molecule has 0 unspecified atom stereocenters. The van der Waals surface area contributed by atoms with Crippen molar-refractivity contribution in [2.24, 2.45) is 0 Å². The number of aromatic nitrogens is 5. The van der Waals surface area contributed by atoms with Crippen LogP contribution in [0.5, 0.6) is 0 Å². The Hall–Kier alpha value is -4.02. The van der Waals surface area contributed by atoms with Crippen LogP contribution in [0.15, 0.2) is 54.9 Å². The van der Waals surface area contributed by atoms with Crippen LogP contribution in [0.4, 0.5) is 24.8 Å². The van der Waals surface area contributed by atoms with Crippen LogP contribution in [0.3, 0.4) is 0 Å². The zero-order valence-electron chi connectivity index (χ0n) is 16.1. The van der Waals surface area contributed by atoms with Gasteiger partial charge < -0.3 is 10.1 Å². The van der Waals surface area contributed by atoms with Crippen LogP contribution in [-0.2, 0) is 10.9 Å². The van der Waals surface area contributed by atoms with Crippen molar-refractivity contribution >= 4 is 23.3 Å². The highest BCUT2D eigenvalue weighted by Gasteiger charge is 2.30. The number of pyridine rings is 1. The highest BCUT2D eigenvalue weighted by atomic mass is 19.4. The van der Waals surface area contributed by atoms with Gasteiger partial charge in [-0.05, 0) is 49.4 Å². The maximum atomic E-state index is 12.7. The smallest absolute Gasteiger partial charge is 0.416 e. The van der Waals surface area contributed by atoms with Gasteiger partial charge >= 0.3 is 12.1 Å². The number of nitrogens with one attached hydrogen (secondary N) is 1. The SMILES string of the molecule is CCOC(=O)c1cccnc1-c1cnn2c(Nc3ccc(C(F)(F)F)cc3)nnc2c1. The first kappa shape index (κ1) is 20.3. The summed E-state index contributed by atoms with van der Waals surface area (Å²) in [6.45, 7) is 1.94. The minimum absolute atomic E-state index is 0.216. The van der Waals surface area contributed by atoms with Gasteiger partial charge in [-0.1, -0.05) is 0 Å². The summed E-state index contributed by atoms with van der Waals surface area (Å²) in [4.78, 5) is 16.5. The Kier molecular flexibility index (Phi) is 5.24. The number of alkyl halides is 3. The van der Waals surface area contributed by atoms with E-state index in [1.54, 1.807) is 31.3 Å². The molecular formula is C20H15F3N6O2. The molecule has 1 aromatic carbocycles. The van der Waals surface area contributed by atoms with E-state index in [-0.39, 0.29) is 18.1 Å². The number of halogens is 3. The molecule has 0 atom stereocenters. The van der Waals surface area contributed by atoms with Crippen molar-refractivity contribution in [1.29, 1.82) is 0 Å². The third kappa shape index (κ3) is 4.15. The molecule has 3 aromatic heterocycles. The Bertz CT molecular complexity index is 1240.